The summed E-state index contributed by atoms with van der Waals surface area (Å²) in [5, 5.41) is 20.8. The molecule has 2 aromatic rings. The van der Waals surface area contributed by atoms with Crippen molar-refractivity contribution < 1.29 is 10.2 Å². The van der Waals surface area contributed by atoms with E-state index >= 15 is 0 Å². The van der Waals surface area contributed by atoms with Gasteiger partial charge in [-0.3, -0.25) is 0 Å². The monoisotopic (exact) mass is 250 g/mol. The number of hydrogen-bond donors (Lipinski definition) is 2. The summed E-state index contributed by atoms with van der Waals surface area (Å²) in [6, 6.07) is 6.81. The third-order valence-corrected chi connectivity index (χ3v) is 3.19. The van der Waals surface area contributed by atoms with Crippen molar-refractivity contribution in [3.8, 4) is 11.5 Å². The lowest BCUT2D eigenvalue weighted by Gasteiger charge is -2.07. The summed E-state index contributed by atoms with van der Waals surface area (Å²) in [4.78, 5) is 0. The Morgan fingerprint density at radius 2 is 1.50 bits per heavy atom. The van der Waals surface area contributed by atoms with Crippen LogP contribution in [-0.4, -0.2) is 18.1 Å². The van der Waals surface area contributed by atoms with Crippen LogP contribution < -0.4 is 5.46 Å². The quantitative estimate of drug-likeness (QED) is 0.692. The summed E-state index contributed by atoms with van der Waals surface area (Å²) < 4.78 is 0.665. The molecule has 0 heterocycles. The smallest absolute Gasteiger partial charge is 0.145 e. The molecular formula is C10H8BBrO2. The van der Waals surface area contributed by atoms with E-state index in [4.69, 9.17) is 0 Å². The van der Waals surface area contributed by atoms with E-state index in [0.29, 0.717) is 4.47 Å². The van der Waals surface area contributed by atoms with E-state index in [1.807, 2.05) is 7.85 Å². The van der Waals surface area contributed by atoms with Crippen LogP contribution in [0.5, 0.6) is 11.5 Å². The van der Waals surface area contributed by atoms with Gasteiger partial charge in [0.1, 0.15) is 19.3 Å². The number of fused-ring (bicyclic) bond motifs is 1. The van der Waals surface area contributed by atoms with E-state index < -0.39 is 0 Å². The number of phenolic OH excluding ortho intramolecular Hbond substituents is 2. The SMILES string of the molecule is Bc1c(O)ccc2c(Br)c(O)ccc12. The molecule has 0 spiro atoms. The molecule has 0 aliphatic heterocycles. The average molecular weight is 251 g/mol. The Hall–Kier alpha value is -1.16. The van der Waals surface area contributed by atoms with Crippen LogP contribution in [0.25, 0.3) is 10.8 Å². The van der Waals surface area contributed by atoms with Crippen LogP contribution in [0.4, 0.5) is 0 Å². The van der Waals surface area contributed by atoms with Crippen molar-refractivity contribution in [2.24, 2.45) is 0 Å². The Labute approximate surface area is 90.7 Å². The fourth-order valence-electron chi connectivity index (χ4n) is 1.50. The minimum Gasteiger partial charge on any atom is -0.509 e. The zero-order valence-corrected chi connectivity index (χ0v) is 9.17. The highest BCUT2D eigenvalue weighted by Crippen LogP contribution is 2.32. The van der Waals surface area contributed by atoms with Crippen LogP contribution in [0.3, 0.4) is 0 Å². The molecule has 70 valence electrons. The molecule has 0 bridgehead atoms. The van der Waals surface area contributed by atoms with Crippen molar-refractivity contribution in [1.29, 1.82) is 0 Å². The van der Waals surface area contributed by atoms with Crippen LogP contribution in [0.1, 0.15) is 0 Å². The average Bonchev–Trinajstić information content (AvgIpc) is 2.17. The van der Waals surface area contributed by atoms with Crippen LogP contribution in [0.2, 0.25) is 0 Å². The van der Waals surface area contributed by atoms with Crippen molar-refractivity contribution in [2.75, 3.05) is 0 Å². The summed E-state index contributed by atoms with van der Waals surface area (Å²) in [6.07, 6.45) is 0. The topological polar surface area (TPSA) is 40.5 Å². The zero-order valence-electron chi connectivity index (χ0n) is 7.58. The van der Waals surface area contributed by atoms with Crippen molar-refractivity contribution in [1.82, 2.24) is 0 Å². The highest BCUT2D eigenvalue weighted by molar-refractivity contribution is 9.10. The van der Waals surface area contributed by atoms with Gasteiger partial charge in [0.05, 0.1) is 4.47 Å². The highest BCUT2D eigenvalue weighted by atomic mass is 79.9. The third-order valence-electron chi connectivity index (χ3n) is 2.36. The van der Waals surface area contributed by atoms with Crippen molar-refractivity contribution in [2.45, 2.75) is 0 Å². The van der Waals surface area contributed by atoms with Gasteiger partial charge in [-0.1, -0.05) is 6.07 Å². The number of benzene rings is 2. The molecule has 0 amide bonds. The van der Waals surface area contributed by atoms with Gasteiger partial charge in [-0.05, 0) is 50.4 Å². The number of rotatable bonds is 0. The molecule has 2 N–H and O–H groups in total. The maximum Gasteiger partial charge on any atom is 0.145 e. The Morgan fingerprint density at radius 1 is 0.929 bits per heavy atom. The fraction of sp³-hybridized carbons (Fsp3) is 0. The molecule has 0 atom stereocenters. The molecule has 2 rings (SSSR count). The normalized spacial score (nSPS) is 10.6. The largest absolute Gasteiger partial charge is 0.509 e. The van der Waals surface area contributed by atoms with E-state index in [9.17, 15) is 10.2 Å². The van der Waals surface area contributed by atoms with E-state index in [1.165, 1.54) is 0 Å². The van der Waals surface area contributed by atoms with Gasteiger partial charge < -0.3 is 10.2 Å². The number of halogens is 1. The van der Waals surface area contributed by atoms with Gasteiger partial charge in [0.2, 0.25) is 0 Å². The molecule has 2 nitrogen and oxygen atoms in total. The van der Waals surface area contributed by atoms with Crippen LogP contribution >= 0.6 is 15.9 Å². The first kappa shape index (κ1) is 9.40. The molecule has 0 aliphatic rings. The molecule has 14 heavy (non-hydrogen) atoms. The molecule has 0 saturated carbocycles. The first-order chi connectivity index (χ1) is 6.61. The fourth-order valence-corrected chi connectivity index (χ4v) is 1.97. The Bertz CT molecular complexity index is 464. The van der Waals surface area contributed by atoms with Gasteiger partial charge in [-0.25, -0.2) is 0 Å². The standard InChI is InChI=1S/C10H8BBrO2/c11-9-5-1-4-8(14)10(12)6(5)2-3-7(9)13/h1-4,13-14H,11H2. The Balaban J connectivity index is 2.94. The maximum absolute atomic E-state index is 9.50. The molecule has 2 aromatic carbocycles. The zero-order chi connectivity index (χ0) is 10.3. The summed E-state index contributed by atoms with van der Waals surface area (Å²) in [5.74, 6) is 0.484. The second-order valence-electron chi connectivity index (χ2n) is 3.20. The minimum absolute atomic E-state index is 0.211. The summed E-state index contributed by atoms with van der Waals surface area (Å²) in [7, 11) is 1.85. The first-order valence-electron chi connectivity index (χ1n) is 4.21. The van der Waals surface area contributed by atoms with Crippen molar-refractivity contribution in [3.05, 3.63) is 28.7 Å². The van der Waals surface area contributed by atoms with Crippen molar-refractivity contribution >= 4 is 40.0 Å². The second-order valence-corrected chi connectivity index (χ2v) is 4.00. The van der Waals surface area contributed by atoms with Crippen LogP contribution in [0, 0.1) is 0 Å². The van der Waals surface area contributed by atoms with Gasteiger partial charge in [0.15, 0.2) is 0 Å². The van der Waals surface area contributed by atoms with Gasteiger partial charge in [-0.15, -0.1) is 0 Å². The predicted octanol–water partition coefficient (Wildman–Crippen LogP) is 1.27. The van der Waals surface area contributed by atoms with E-state index in [-0.39, 0.29) is 11.5 Å². The van der Waals surface area contributed by atoms with Gasteiger partial charge >= 0.3 is 0 Å². The predicted molar refractivity (Wildman–Crippen MR) is 63.2 cm³/mol. The van der Waals surface area contributed by atoms with Crippen molar-refractivity contribution in [3.63, 3.8) is 0 Å². The molecule has 4 heteroatoms. The summed E-state index contributed by atoms with van der Waals surface area (Å²) >= 11 is 3.31. The number of hydrogen-bond acceptors (Lipinski definition) is 2. The summed E-state index contributed by atoms with van der Waals surface area (Å²) in [5.41, 5.74) is 0.822. The molecule has 0 aliphatic carbocycles. The van der Waals surface area contributed by atoms with E-state index in [0.717, 1.165) is 16.2 Å². The molecule has 0 aromatic heterocycles. The summed E-state index contributed by atoms with van der Waals surface area (Å²) in [6.45, 7) is 0. The first-order valence-corrected chi connectivity index (χ1v) is 5.00. The molecular weight excluding hydrogens is 243 g/mol. The van der Waals surface area contributed by atoms with Gasteiger partial charge in [0, 0.05) is 0 Å². The minimum atomic E-state index is 0.211. The van der Waals surface area contributed by atoms with E-state index in [2.05, 4.69) is 15.9 Å². The van der Waals surface area contributed by atoms with E-state index in [1.54, 1.807) is 24.3 Å². The lowest BCUT2D eigenvalue weighted by Crippen LogP contribution is -2.04. The maximum atomic E-state index is 9.50. The van der Waals surface area contributed by atoms with Crippen LogP contribution in [-0.2, 0) is 0 Å². The Morgan fingerprint density at radius 3 is 2.21 bits per heavy atom. The number of aromatic hydroxyl groups is 2. The number of phenols is 2. The molecule has 0 radical (unpaired) electrons. The molecule has 0 unspecified atom stereocenters. The lowest BCUT2D eigenvalue weighted by molar-refractivity contribution is 0.472. The highest BCUT2D eigenvalue weighted by Gasteiger charge is 2.07. The second kappa shape index (κ2) is 3.21. The Kier molecular flexibility index (Phi) is 2.15. The van der Waals surface area contributed by atoms with Crippen LogP contribution in [0.15, 0.2) is 28.7 Å². The van der Waals surface area contributed by atoms with Gasteiger partial charge in [-0.2, -0.15) is 0 Å². The third kappa shape index (κ3) is 1.26. The lowest BCUT2D eigenvalue weighted by atomic mass is 9.89. The molecule has 0 fully saturated rings. The van der Waals surface area contributed by atoms with Gasteiger partial charge in [0.25, 0.3) is 0 Å². The molecule has 0 saturated heterocycles.